The number of hydrogen-bond donors (Lipinski definition) is 1. The lowest BCUT2D eigenvalue weighted by atomic mass is 10.1. The van der Waals surface area contributed by atoms with Crippen LogP contribution < -0.4 is 4.74 Å². The van der Waals surface area contributed by atoms with Crippen molar-refractivity contribution in [2.75, 3.05) is 0 Å². The van der Waals surface area contributed by atoms with Crippen molar-refractivity contribution >= 4 is 11.3 Å². The highest BCUT2D eigenvalue weighted by Crippen LogP contribution is 2.27. The zero-order valence-electron chi connectivity index (χ0n) is 11.6. The van der Waals surface area contributed by atoms with Crippen molar-refractivity contribution in [3.8, 4) is 5.75 Å². The largest absolute Gasteiger partial charge is 0.487 e. The van der Waals surface area contributed by atoms with Gasteiger partial charge >= 0.3 is 0 Å². The van der Waals surface area contributed by atoms with Gasteiger partial charge in [-0.05, 0) is 31.9 Å². The number of rotatable bonds is 6. The molecular weight excluding hydrogens is 277 g/mol. The van der Waals surface area contributed by atoms with E-state index in [1.54, 1.807) is 24.3 Å². The quantitative estimate of drug-likeness (QED) is 0.879. The molecule has 0 aliphatic heterocycles. The van der Waals surface area contributed by atoms with Crippen LogP contribution in [-0.4, -0.2) is 10.1 Å². The Labute approximate surface area is 122 Å². The SMILES string of the molecule is CCCc1nc(COc2cc(F)ccc2[C@@H](C)O)cs1. The monoisotopic (exact) mass is 295 g/mol. The molecule has 0 bridgehead atoms. The van der Waals surface area contributed by atoms with Crippen molar-refractivity contribution in [3.05, 3.63) is 45.7 Å². The van der Waals surface area contributed by atoms with E-state index in [-0.39, 0.29) is 12.4 Å². The number of halogens is 1. The minimum Gasteiger partial charge on any atom is -0.487 e. The lowest BCUT2D eigenvalue weighted by Crippen LogP contribution is -2.02. The maximum atomic E-state index is 13.3. The number of nitrogens with zero attached hydrogens (tertiary/aromatic N) is 1. The van der Waals surface area contributed by atoms with E-state index in [1.165, 1.54) is 12.1 Å². The van der Waals surface area contributed by atoms with Crippen LogP contribution in [0.25, 0.3) is 0 Å². The Hall–Kier alpha value is -1.46. The average Bonchev–Trinajstić information content (AvgIpc) is 2.84. The van der Waals surface area contributed by atoms with E-state index >= 15 is 0 Å². The van der Waals surface area contributed by atoms with Gasteiger partial charge in [-0.25, -0.2) is 9.37 Å². The molecule has 1 aromatic heterocycles. The molecule has 1 heterocycles. The molecule has 0 aliphatic carbocycles. The molecule has 2 rings (SSSR count). The van der Waals surface area contributed by atoms with Crippen molar-refractivity contribution in [2.45, 2.75) is 39.4 Å². The van der Waals surface area contributed by atoms with E-state index in [0.717, 1.165) is 23.5 Å². The van der Waals surface area contributed by atoms with Crippen LogP contribution in [0.2, 0.25) is 0 Å². The molecule has 108 valence electrons. The van der Waals surface area contributed by atoms with Gasteiger partial charge in [0.05, 0.1) is 16.8 Å². The molecule has 0 saturated carbocycles. The van der Waals surface area contributed by atoms with E-state index in [2.05, 4.69) is 11.9 Å². The molecule has 0 unspecified atom stereocenters. The highest BCUT2D eigenvalue weighted by Gasteiger charge is 2.11. The fourth-order valence-corrected chi connectivity index (χ4v) is 2.76. The second kappa shape index (κ2) is 6.81. The number of thiazole rings is 1. The van der Waals surface area contributed by atoms with Crippen LogP contribution in [0, 0.1) is 5.82 Å². The molecule has 3 nitrogen and oxygen atoms in total. The fraction of sp³-hybridized carbons (Fsp3) is 0.400. The number of aliphatic hydroxyl groups is 1. The van der Waals surface area contributed by atoms with Crippen LogP contribution in [0.5, 0.6) is 5.75 Å². The number of hydrogen-bond acceptors (Lipinski definition) is 4. The van der Waals surface area contributed by atoms with Crippen LogP contribution in [-0.2, 0) is 13.0 Å². The van der Waals surface area contributed by atoms with E-state index in [0.29, 0.717) is 11.3 Å². The summed E-state index contributed by atoms with van der Waals surface area (Å²) in [6.07, 6.45) is 1.32. The van der Waals surface area contributed by atoms with Crippen molar-refractivity contribution in [2.24, 2.45) is 0 Å². The average molecular weight is 295 g/mol. The molecule has 5 heteroatoms. The number of aliphatic hydroxyl groups excluding tert-OH is 1. The summed E-state index contributed by atoms with van der Waals surface area (Å²) in [5.74, 6) is -0.0145. The Morgan fingerprint density at radius 2 is 2.25 bits per heavy atom. The number of aryl methyl sites for hydroxylation is 1. The molecule has 20 heavy (non-hydrogen) atoms. The minimum atomic E-state index is -0.698. The first-order valence-corrected chi connectivity index (χ1v) is 7.51. The number of aromatic nitrogens is 1. The van der Waals surface area contributed by atoms with Gasteiger partial charge in [0.15, 0.2) is 0 Å². The Kier molecular flexibility index (Phi) is 5.09. The van der Waals surface area contributed by atoms with Crippen LogP contribution in [0.1, 0.15) is 42.6 Å². The highest BCUT2D eigenvalue weighted by molar-refractivity contribution is 7.09. The normalized spacial score (nSPS) is 12.4. The highest BCUT2D eigenvalue weighted by atomic mass is 32.1. The Bertz CT molecular complexity index is 569. The summed E-state index contributed by atoms with van der Waals surface area (Å²) < 4.78 is 18.9. The molecule has 1 aromatic carbocycles. The number of ether oxygens (including phenoxy) is 1. The van der Waals surface area contributed by atoms with Gasteiger partial charge in [-0.2, -0.15) is 0 Å². The van der Waals surface area contributed by atoms with E-state index in [9.17, 15) is 9.50 Å². The lowest BCUT2D eigenvalue weighted by Gasteiger charge is -2.12. The van der Waals surface area contributed by atoms with Crippen LogP contribution >= 0.6 is 11.3 Å². The van der Waals surface area contributed by atoms with Crippen molar-refractivity contribution < 1.29 is 14.2 Å². The van der Waals surface area contributed by atoms with Gasteiger partial charge in [0.1, 0.15) is 18.2 Å². The summed E-state index contributed by atoms with van der Waals surface area (Å²) in [7, 11) is 0. The first-order valence-electron chi connectivity index (χ1n) is 6.63. The number of benzene rings is 1. The van der Waals surface area contributed by atoms with Crippen molar-refractivity contribution in [1.82, 2.24) is 4.98 Å². The molecule has 0 aliphatic rings. The van der Waals surface area contributed by atoms with Gasteiger partial charge in [-0.15, -0.1) is 11.3 Å². The predicted molar refractivity (Wildman–Crippen MR) is 77.5 cm³/mol. The maximum Gasteiger partial charge on any atom is 0.131 e. The third-order valence-corrected chi connectivity index (χ3v) is 3.82. The van der Waals surface area contributed by atoms with Crippen molar-refractivity contribution in [1.29, 1.82) is 0 Å². The first-order chi connectivity index (χ1) is 9.60. The van der Waals surface area contributed by atoms with Gasteiger partial charge in [0, 0.05) is 17.0 Å². The van der Waals surface area contributed by atoms with Crippen molar-refractivity contribution in [3.63, 3.8) is 0 Å². The Morgan fingerprint density at radius 1 is 1.45 bits per heavy atom. The summed E-state index contributed by atoms with van der Waals surface area (Å²) in [6, 6.07) is 4.15. The molecule has 0 saturated heterocycles. The van der Waals surface area contributed by atoms with Gasteiger partial charge < -0.3 is 9.84 Å². The summed E-state index contributed by atoms with van der Waals surface area (Å²) in [5, 5.41) is 12.7. The summed E-state index contributed by atoms with van der Waals surface area (Å²) in [5.41, 5.74) is 1.41. The zero-order chi connectivity index (χ0) is 14.5. The maximum absolute atomic E-state index is 13.3. The molecule has 0 spiro atoms. The predicted octanol–water partition coefficient (Wildman–Crippen LogP) is 3.87. The second-order valence-corrected chi connectivity index (χ2v) is 5.57. The van der Waals surface area contributed by atoms with Crippen LogP contribution in [0.15, 0.2) is 23.6 Å². The molecular formula is C15H18FNO2S. The zero-order valence-corrected chi connectivity index (χ0v) is 12.4. The van der Waals surface area contributed by atoms with Gasteiger partial charge in [-0.3, -0.25) is 0 Å². The van der Waals surface area contributed by atoms with Gasteiger partial charge in [-0.1, -0.05) is 6.92 Å². The van der Waals surface area contributed by atoms with Crippen LogP contribution in [0.4, 0.5) is 4.39 Å². The Balaban J connectivity index is 2.07. The lowest BCUT2D eigenvalue weighted by molar-refractivity contribution is 0.189. The molecule has 0 fully saturated rings. The van der Waals surface area contributed by atoms with Gasteiger partial charge in [0.2, 0.25) is 0 Å². The molecule has 2 aromatic rings. The third-order valence-electron chi connectivity index (χ3n) is 2.86. The third kappa shape index (κ3) is 3.77. The van der Waals surface area contributed by atoms with Crippen LogP contribution in [0.3, 0.4) is 0 Å². The van der Waals surface area contributed by atoms with E-state index in [4.69, 9.17) is 4.74 Å². The standard InChI is InChI=1S/C15H18FNO2S/c1-3-4-15-17-12(9-20-15)8-19-14-7-11(16)5-6-13(14)10(2)18/h5-7,9-10,18H,3-4,8H2,1-2H3/t10-/m1/s1. The molecule has 0 radical (unpaired) electrons. The molecule has 1 atom stereocenters. The molecule has 1 N–H and O–H groups in total. The van der Waals surface area contributed by atoms with Gasteiger partial charge in [0.25, 0.3) is 0 Å². The Morgan fingerprint density at radius 3 is 2.95 bits per heavy atom. The summed E-state index contributed by atoms with van der Waals surface area (Å²) in [6.45, 7) is 4.02. The first kappa shape index (κ1) is 14.9. The summed E-state index contributed by atoms with van der Waals surface area (Å²) in [4.78, 5) is 4.45. The fourth-order valence-electron chi connectivity index (χ4n) is 1.87. The minimum absolute atomic E-state index is 0.281. The molecule has 0 amide bonds. The van der Waals surface area contributed by atoms with E-state index < -0.39 is 6.10 Å². The smallest absolute Gasteiger partial charge is 0.131 e. The summed E-state index contributed by atoms with van der Waals surface area (Å²) >= 11 is 1.61. The topological polar surface area (TPSA) is 42.4 Å². The van der Waals surface area contributed by atoms with E-state index in [1.807, 2.05) is 5.38 Å². The second-order valence-electron chi connectivity index (χ2n) is 4.63.